The minimum absolute atomic E-state index is 0.174. The van der Waals surface area contributed by atoms with Crippen LogP contribution in [0.15, 0.2) is 17.3 Å². The number of hydrogen-bond acceptors (Lipinski definition) is 3. The number of hydrogen-bond donors (Lipinski definition) is 1. The summed E-state index contributed by atoms with van der Waals surface area (Å²) in [5, 5.41) is 8.70. The van der Waals surface area contributed by atoms with Gasteiger partial charge >= 0.3 is 5.97 Å². The maximum absolute atomic E-state index is 10.6. The highest BCUT2D eigenvalue weighted by molar-refractivity contribution is 6.37. The molecule has 0 aromatic carbocycles. The fourth-order valence-corrected chi connectivity index (χ4v) is 1.28. The van der Waals surface area contributed by atoms with E-state index in [1.165, 1.54) is 0 Å². The summed E-state index contributed by atoms with van der Waals surface area (Å²) in [5.41, 5.74) is 2.61. The van der Waals surface area contributed by atoms with Crippen LogP contribution in [0.25, 0.3) is 0 Å². The van der Waals surface area contributed by atoms with E-state index in [2.05, 4.69) is 9.98 Å². The molecule has 0 saturated heterocycles. The summed E-state index contributed by atoms with van der Waals surface area (Å²) in [6.45, 7) is 1.90. The van der Waals surface area contributed by atoms with Gasteiger partial charge in [-0.15, -0.1) is 0 Å². The van der Waals surface area contributed by atoms with Crippen molar-refractivity contribution in [3.63, 3.8) is 0 Å². The number of carbonyl (C=O) groups is 1. The molecule has 0 fully saturated rings. The molecule has 1 aromatic rings. The summed E-state index contributed by atoms with van der Waals surface area (Å²) >= 11 is 0. The number of nitrogens with zero attached hydrogens (tertiary/aromatic N) is 2. The zero-order chi connectivity index (χ0) is 9.42. The Kier molecular flexibility index (Phi) is 1.62. The highest BCUT2D eigenvalue weighted by Crippen LogP contribution is 2.25. The van der Waals surface area contributed by atoms with Gasteiger partial charge < -0.3 is 5.11 Å². The van der Waals surface area contributed by atoms with Crippen molar-refractivity contribution >= 4 is 17.4 Å². The van der Waals surface area contributed by atoms with Gasteiger partial charge in [0.25, 0.3) is 0 Å². The van der Waals surface area contributed by atoms with Gasteiger partial charge in [0.05, 0.1) is 11.4 Å². The molecule has 0 radical (unpaired) electrons. The van der Waals surface area contributed by atoms with Gasteiger partial charge in [-0.2, -0.15) is 0 Å². The monoisotopic (exact) mass is 176 g/mol. The second-order valence-corrected chi connectivity index (χ2v) is 3.02. The van der Waals surface area contributed by atoms with E-state index in [4.69, 9.17) is 5.11 Å². The van der Waals surface area contributed by atoms with E-state index in [1.807, 2.05) is 13.0 Å². The number of pyridine rings is 1. The van der Waals surface area contributed by atoms with Gasteiger partial charge in [-0.1, -0.05) is 0 Å². The largest absolute Gasteiger partial charge is 0.477 e. The Morgan fingerprint density at radius 2 is 2.38 bits per heavy atom. The van der Waals surface area contributed by atoms with Crippen molar-refractivity contribution in [1.82, 2.24) is 4.98 Å². The maximum atomic E-state index is 10.6. The van der Waals surface area contributed by atoms with E-state index in [0.29, 0.717) is 12.1 Å². The molecule has 66 valence electrons. The normalized spacial score (nSPS) is 13.8. The van der Waals surface area contributed by atoms with Crippen molar-refractivity contribution in [2.45, 2.75) is 13.3 Å². The molecule has 4 heteroatoms. The molecule has 2 heterocycles. The zero-order valence-corrected chi connectivity index (χ0v) is 7.11. The van der Waals surface area contributed by atoms with E-state index >= 15 is 0 Å². The average Bonchev–Trinajstić information content (AvgIpc) is 2.46. The number of aromatic nitrogens is 1. The minimum Gasteiger partial charge on any atom is -0.477 e. The molecule has 1 aliphatic rings. The van der Waals surface area contributed by atoms with Crippen molar-refractivity contribution in [3.8, 4) is 0 Å². The lowest BCUT2D eigenvalue weighted by atomic mass is 10.2. The predicted octanol–water partition coefficient (Wildman–Crippen LogP) is 1.10. The fraction of sp³-hybridized carbons (Fsp3) is 0.222. The lowest BCUT2D eigenvalue weighted by molar-refractivity contribution is -0.129. The summed E-state index contributed by atoms with van der Waals surface area (Å²) in [5.74, 6) is -0.962. The van der Waals surface area contributed by atoms with Crippen LogP contribution in [0.5, 0.6) is 0 Å². The number of carboxylic acids is 1. The molecule has 1 aliphatic heterocycles. The van der Waals surface area contributed by atoms with E-state index in [1.54, 1.807) is 6.20 Å². The molecular weight excluding hydrogens is 168 g/mol. The Morgan fingerprint density at radius 3 is 3.08 bits per heavy atom. The van der Waals surface area contributed by atoms with Crippen LogP contribution in [-0.2, 0) is 11.2 Å². The van der Waals surface area contributed by atoms with Crippen molar-refractivity contribution in [3.05, 3.63) is 23.5 Å². The van der Waals surface area contributed by atoms with Gasteiger partial charge in [0.15, 0.2) is 0 Å². The second kappa shape index (κ2) is 2.65. The maximum Gasteiger partial charge on any atom is 0.350 e. The smallest absolute Gasteiger partial charge is 0.350 e. The molecule has 13 heavy (non-hydrogen) atoms. The quantitative estimate of drug-likeness (QED) is 0.697. The standard InChI is InChI=1S/C9H8N2O2/c1-5-2-7-6(10-4-5)3-8(11-7)9(12)13/h2,4H,3H2,1H3,(H,12,13). The van der Waals surface area contributed by atoms with E-state index in [0.717, 1.165) is 11.3 Å². The minimum atomic E-state index is -0.962. The average molecular weight is 176 g/mol. The lowest BCUT2D eigenvalue weighted by Crippen LogP contribution is -2.12. The van der Waals surface area contributed by atoms with E-state index in [9.17, 15) is 4.79 Å². The first kappa shape index (κ1) is 7.91. The summed E-state index contributed by atoms with van der Waals surface area (Å²) in [4.78, 5) is 18.7. The molecule has 1 aromatic heterocycles. The first-order valence-corrected chi connectivity index (χ1v) is 3.93. The molecule has 0 aliphatic carbocycles. The lowest BCUT2D eigenvalue weighted by Gasteiger charge is -1.95. The molecule has 0 atom stereocenters. The topological polar surface area (TPSA) is 62.5 Å². The van der Waals surface area contributed by atoms with Crippen LogP contribution < -0.4 is 0 Å². The molecular formula is C9H8N2O2. The number of fused-ring (bicyclic) bond motifs is 1. The molecule has 1 N–H and O–H groups in total. The van der Waals surface area contributed by atoms with Crippen LogP contribution in [0.3, 0.4) is 0 Å². The third-order valence-electron chi connectivity index (χ3n) is 1.92. The van der Waals surface area contributed by atoms with E-state index in [-0.39, 0.29) is 5.71 Å². The third-order valence-corrected chi connectivity index (χ3v) is 1.92. The Morgan fingerprint density at radius 1 is 1.62 bits per heavy atom. The van der Waals surface area contributed by atoms with Gasteiger partial charge in [0, 0.05) is 12.6 Å². The van der Waals surface area contributed by atoms with Crippen molar-refractivity contribution < 1.29 is 9.90 Å². The van der Waals surface area contributed by atoms with Gasteiger partial charge in [-0.3, -0.25) is 4.98 Å². The molecule has 0 bridgehead atoms. The molecule has 2 rings (SSSR count). The van der Waals surface area contributed by atoms with Gasteiger partial charge in [0.2, 0.25) is 0 Å². The summed E-state index contributed by atoms with van der Waals surface area (Å²) in [6, 6.07) is 1.85. The summed E-state index contributed by atoms with van der Waals surface area (Å²) in [7, 11) is 0. The highest BCUT2D eigenvalue weighted by atomic mass is 16.4. The Labute approximate surface area is 75.0 Å². The number of aliphatic carboxylic acids is 1. The molecule has 0 saturated carbocycles. The first-order valence-electron chi connectivity index (χ1n) is 3.93. The number of aliphatic imine (C=N–C) groups is 1. The van der Waals surface area contributed by atoms with Gasteiger partial charge in [0.1, 0.15) is 5.71 Å². The first-order chi connectivity index (χ1) is 6.16. The molecule has 0 spiro atoms. The molecule has 0 unspecified atom stereocenters. The van der Waals surface area contributed by atoms with Crippen LogP contribution in [0.4, 0.5) is 5.69 Å². The van der Waals surface area contributed by atoms with E-state index < -0.39 is 5.97 Å². The van der Waals surface area contributed by atoms with Crippen LogP contribution >= 0.6 is 0 Å². The van der Waals surface area contributed by atoms with Gasteiger partial charge in [-0.05, 0) is 18.6 Å². The van der Waals surface area contributed by atoms with Crippen molar-refractivity contribution in [1.29, 1.82) is 0 Å². The van der Waals surface area contributed by atoms with Crippen molar-refractivity contribution in [2.24, 2.45) is 4.99 Å². The molecule has 0 amide bonds. The van der Waals surface area contributed by atoms with Gasteiger partial charge in [-0.25, -0.2) is 9.79 Å². The number of rotatable bonds is 1. The number of aryl methyl sites for hydroxylation is 1. The highest BCUT2D eigenvalue weighted by Gasteiger charge is 2.20. The van der Waals surface area contributed by atoms with Crippen molar-refractivity contribution in [2.75, 3.05) is 0 Å². The Bertz CT molecular complexity index is 410. The fourth-order valence-electron chi connectivity index (χ4n) is 1.28. The second-order valence-electron chi connectivity index (χ2n) is 3.02. The summed E-state index contributed by atoms with van der Waals surface area (Å²) in [6.07, 6.45) is 2.06. The molecule has 4 nitrogen and oxygen atoms in total. The Hall–Kier alpha value is -1.71. The van der Waals surface area contributed by atoms with Crippen LogP contribution in [0, 0.1) is 6.92 Å². The summed E-state index contributed by atoms with van der Waals surface area (Å²) < 4.78 is 0. The zero-order valence-electron chi connectivity index (χ0n) is 7.11. The van der Waals surface area contributed by atoms with Crippen LogP contribution in [0.2, 0.25) is 0 Å². The SMILES string of the molecule is Cc1cnc2c(c1)N=C(C(=O)O)C2. The third kappa shape index (κ3) is 1.30. The van der Waals surface area contributed by atoms with Crippen LogP contribution in [-0.4, -0.2) is 21.8 Å². The Balaban J connectivity index is 2.43. The number of carboxylic acid groups (broad SMARTS) is 1. The van der Waals surface area contributed by atoms with Crippen LogP contribution in [0.1, 0.15) is 11.3 Å². The predicted molar refractivity (Wildman–Crippen MR) is 47.4 cm³/mol.